The van der Waals surface area contributed by atoms with Gasteiger partial charge in [0.1, 0.15) is 4.08 Å². The number of rotatable bonds is 4. The first-order chi connectivity index (χ1) is 6.18. The Morgan fingerprint density at radius 3 is 2.54 bits per heavy atom. The Morgan fingerprint density at radius 1 is 1.38 bits per heavy atom. The summed E-state index contributed by atoms with van der Waals surface area (Å²) in [6, 6.07) is 0. The van der Waals surface area contributed by atoms with Crippen LogP contribution in [0.25, 0.3) is 0 Å². The molecule has 0 aliphatic carbocycles. The third kappa shape index (κ3) is 5.97. The molecule has 0 radical (unpaired) electrons. The summed E-state index contributed by atoms with van der Waals surface area (Å²) >= 11 is 6.03. The van der Waals surface area contributed by atoms with E-state index in [1.165, 1.54) is 0 Å². The fraction of sp³-hybridized carbons (Fsp3) is 0.636. The lowest BCUT2D eigenvalue weighted by atomic mass is 10.3. The van der Waals surface area contributed by atoms with Gasteiger partial charge in [-0.2, -0.15) is 0 Å². The molecule has 0 fully saturated rings. The monoisotopic (exact) mass is 212 g/mol. The minimum atomic E-state index is -0.332. The van der Waals surface area contributed by atoms with Crippen LogP contribution in [0.2, 0.25) is 0 Å². The lowest BCUT2D eigenvalue weighted by molar-refractivity contribution is 0.953. The Kier molecular flexibility index (Phi) is 7.14. The molecule has 0 bridgehead atoms. The highest BCUT2D eigenvalue weighted by Crippen LogP contribution is 2.31. The summed E-state index contributed by atoms with van der Waals surface area (Å²) < 4.78 is -0.332. The average Bonchev–Trinajstić information content (AvgIpc) is 2.17. The molecule has 2 heteroatoms. The van der Waals surface area contributed by atoms with Gasteiger partial charge in [0.2, 0.25) is 0 Å². The van der Waals surface area contributed by atoms with Gasteiger partial charge in [-0.15, -0.1) is 36.7 Å². The number of thiol groups is 1. The molecule has 0 aromatic carbocycles. The topological polar surface area (TPSA) is 0 Å². The van der Waals surface area contributed by atoms with Crippen molar-refractivity contribution in [2.45, 2.75) is 37.2 Å². The first-order valence-corrected chi connectivity index (χ1v) is 5.91. The Balaban J connectivity index is 3.77. The van der Waals surface area contributed by atoms with E-state index in [2.05, 4.69) is 37.3 Å². The summed E-state index contributed by atoms with van der Waals surface area (Å²) in [5, 5.41) is 0. The summed E-state index contributed by atoms with van der Waals surface area (Å²) in [4.78, 5) is 0. The van der Waals surface area contributed by atoms with E-state index in [0.717, 1.165) is 25.0 Å². The van der Waals surface area contributed by atoms with E-state index >= 15 is 0 Å². The summed E-state index contributed by atoms with van der Waals surface area (Å²) in [5.74, 6) is 9.62. The molecule has 0 aliphatic rings. The zero-order valence-electron chi connectivity index (χ0n) is 8.26. The first kappa shape index (κ1) is 12.8. The zero-order chi connectivity index (χ0) is 10.2. The van der Waals surface area contributed by atoms with Crippen LogP contribution in [-0.4, -0.2) is 9.83 Å². The van der Waals surface area contributed by atoms with Gasteiger partial charge in [0, 0.05) is 6.42 Å². The van der Waals surface area contributed by atoms with Crippen molar-refractivity contribution in [2.24, 2.45) is 0 Å². The minimum absolute atomic E-state index is 0.332. The maximum absolute atomic E-state index is 5.36. The van der Waals surface area contributed by atoms with Crippen molar-refractivity contribution < 1.29 is 0 Å². The van der Waals surface area contributed by atoms with Crippen LogP contribution < -0.4 is 0 Å². The molecule has 0 amide bonds. The smallest absolute Gasteiger partial charge is 0.119 e. The van der Waals surface area contributed by atoms with Crippen LogP contribution in [0.1, 0.15) is 33.1 Å². The second-order valence-electron chi connectivity index (χ2n) is 2.67. The van der Waals surface area contributed by atoms with Crippen molar-refractivity contribution in [1.29, 1.82) is 0 Å². The Labute approximate surface area is 91.7 Å². The molecule has 0 saturated carbocycles. The van der Waals surface area contributed by atoms with Crippen molar-refractivity contribution in [3.05, 3.63) is 0 Å². The molecule has 13 heavy (non-hydrogen) atoms. The molecular weight excluding hydrogens is 196 g/mol. The van der Waals surface area contributed by atoms with Crippen molar-refractivity contribution >= 4 is 24.4 Å². The van der Waals surface area contributed by atoms with Crippen LogP contribution in [0.15, 0.2) is 0 Å². The van der Waals surface area contributed by atoms with Gasteiger partial charge in [0.05, 0.1) is 5.75 Å². The number of thioether (sulfide) groups is 1. The van der Waals surface area contributed by atoms with Crippen molar-refractivity contribution in [3.8, 4) is 24.2 Å². The predicted octanol–water partition coefficient (Wildman–Crippen LogP) is 3.19. The van der Waals surface area contributed by atoms with Crippen molar-refractivity contribution in [2.75, 3.05) is 5.75 Å². The highest BCUT2D eigenvalue weighted by atomic mass is 32.2. The summed E-state index contributed by atoms with van der Waals surface area (Å²) in [5.41, 5.74) is 0. The number of hydrogen-bond acceptors (Lipinski definition) is 2. The van der Waals surface area contributed by atoms with Crippen LogP contribution >= 0.6 is 24.4 Å². The van der Waals surface area contributed by atoms with Crippen LogP contribution in [0.3, 0.4) is 0 Å². The summed E-state index contributed by atoms with van der Waals surface area (Å²) in [6.07, 6.45) is 8.32. The third-order valence-corrected chi connectivity index (χ3v) is 3.59. The second kappa shape index (κ2) is 7.25. The van der Waals surface area contributed by atoms with E-state index in [-0.39, 0.29) is 4.08 Å². The number of unbranched alkanes of at least 4 members (excludes halogenated alkanes) is 1. The number of hydrogen-bond donors (Lipinski definition) is 1. The molecule has 0 N–H and O–H groups in total. The van der Waals surface area contributed by atoms with Crippen LogP contribution in [0, 0.1) is 24.2 Å². The Bertz CT molecular complexity index is 229. The lowest BCUT2D eigenvalue weighted by Gasteiger charge is -2.17. The Hall–Kier alpha value is -0.180. The van der Waals surface area contributed by atoms with Gasteiger partial charge in [-0.25, -0.2) is 0 Å². The van der Waals surface area contributed by atoms with E-state index in [0.29, 0.717) is 0 Å². The molecule has 0 nitrogen and oxygen atoms in total. The first-order valence-electron chi connectivity index (χ1n) is 4.48. The van der Waals surface area contributed by atoms with Gasteiger partial charge in [0.25, 0.3) is 0 Å². The summed E-state index contributed by atoms with van der Waals surface area (Å²) in [6.45, 7) is 4.16. The van der Waals surface area contributed by atoms with Gasteiger partial charge in [0.15, 0.2) is 0 Å². The minimum Gasteiger partial charge on any atom is -0.149 e. The standard InChI is InChI=1S/C11H16S2/c1-4-7-8-9-10-13-11(12,5-2)6-3/h2,12H,4,6-7,10H2,1,3H3. The predicted molar refractivity (Wildman–Crippen MR) is 66.0 cm³/mol. The lowest BCUT2D eigenvalue weighted by Crippen LogP contribution is -2.12. The third-order valence-electron chi connectivity index (χ3n) is 1.59. The molecule has 1 unspecified atom stereocenters. The molecule has 0 spiro atoms. The van der Waals surface area contributed by atoms with E-state index < -0.39 is 0 Å². The maximum atomic E-state index is 5.36. The molecule has 0 aromatic rings. The number of terminal acetylenes is 1. The van der Waals surface area contributed by atoms with Gasteiger partial charge in [-0.1, -0.05) is 25.7 Å². The van der Waals surface area contributed by atoms with Crippen molar-refractivity contribution in [3.63, 3.8) is 0 Å². The van der Waals surface area contributed by atoms with Crippen molar-refractivity contribution in [1.82, 2.24) is 0 Å². The largest absolute Gasteiger partial charge is 0.149 e. The van der Waals surface area contributed by atoms with Gasteiger partial charge < -0.3 is 0 Å². The molecule has 72 valence electrons. The molecule has 1 atom stereocenters. The highest BCUT2D eigenvalue weighted by Gasteiger charge is 2.19. The van der Waals surface area contributed by atoms with E-state index in [9.17, 15) is 0 Å². The van der Waals surface area contributed by atoms with Crippen LogP contribution in [0.4, 0.5) is 0 Å². The van der Waals surface area contributed by atoms with E-state index in [1.807, 2.05) is 6.92 Å². The van der Waals surface area contributed by atoms with Gasteiger partial charge >= 0.3 is 0 Å². The fourth-order valence-corrected chi connectivity index (χ4v) is 1.56. The molecular formula is C11H16S2. The molecule has 0 saturated heterocycles. The average molecular weight is 212 g/mol. The molecule has 0 aliphatic heterocycles. The Morgan fingerprint density at radius 2 is 2.08 bits per heavy atom. The molecule has 0 heterocycles. The zero-order valence-corrected chi connectivity index (χ0v) is 9.97. The normalized spacial score (nSPS) is 13.7. The molecule has 0 rings (SSSR count). The van der Waals surface area contributed by atoms with Crippen LogP contribution in [0.5, 0.6) is 0 Å². The highest BCUT2D eigenvalue weighted by molar-refractivity contribution is 8.12. The SMILES string of the molecule is C#CC(S)(CC)SCC#CCCC. The quantitative estimate of drug-likeness (QED) is 0.424. The fourth-order valence-electron chi connectivity index (χ4n) is 0.666. The van der Waals surface area contributed by atoms with E-state index in [1.54, 1.807) is 11.8 Å². The second-order valence-corrected chi connectivity index (χ2v) is 5.01. The van der Waals surface area contributed by atoms with Gasteiger partial charge in [-0.05, 0) is 12.8 Å². The van der Waals surface area contributed by atoms with E-state index in [4.69, 9.17) is 6.42 Å². The summed E-state index contributed by atoms with van der Waals surface area (Å²) in [7, 11) is 0. The van der Waals surface area contributed by atoms with Gasteiger partial charge in [-0.3, -0.25) is 0 Å². The molecule has 0 aromatic heterocycles. The van der Waals surface area contributed by atoms with Crippen LogP contribution in [-0.2, 0) is 0 Å². The maximum Gasteiger partial charge on any atom is 0.119 e.